The molecule has 3 heteroatoms. The molecule has 0 aromatic heterocycles. The summed E-state index contributed by atoms with van der Waals surface area (Å²) in [7, 11) is -1.73. The second-order valence-corrected chi connectivity index (χ2v) is 10.4. The quantitative estimate of drug-likeness (QED) is 0.489. The number of benzene rings is 2. The zero-order chi connectivity index (χ0) is 17.0. The maximum atomic E-state index is 12.3. The van der Waals surface area contributed by atoms with Crippen LogP contribution in [0.4, 0.5) is 0 Å². The lowest BCUT2D eigenvalue weighted by molar-refractivity contribution is -0.113. The van der Waals surface area contributed by atoms with Gasteiger partial charge in [0.2, 0.25) is 0 Å². The molecule has 23 heavy (non-hydrogen) atoms. The molecule has 0 aliphatic heterocycles. The lowest BCUT2D eigenvalue weighted by Gasteiger charge is -2.30. The Balaban J connectivity index is 2.68. The summed E-state index contributed by atoms with van der Waals surface area (Å²) in [6, 6.07) is 20.3. The Morgan fingerprint density at radius 1 is 0.913 bits per heavy atom. The highest BCUT2D eigenvalue weighted by Crippen LogP contribution is 2.65. The van der Waals surface area contributed by atoms with Crippen LogP contribution in [0.15, 0.2) is 72.0 Å². The van der Waals surface area contributed by atoms with E-state index in [4.69, 9.17) is 0 Å². The fourth-order valence-electron chi connectivity index (χ4n) is 3.10. The molecule has 0 heterocycles. The van der Waals surface area contributed by atoms with Gasteiger partial charge in [0.1, 0.15) is 11.4 Å². The second-order valence-electron chi connectivity index (χ2n) is 6.24. The second kappa shape index (κ2) is 7.10. The molecule has 0 aliphatic carbocycles. The fraction of sp³-hybridized carbons (Fsp3) is 0.250. The van der Waals surface area contributed by atoms with E-state index < -0.39 is 7.26 Å². The minimum Gasteiger partial charge on any atom is -0.512 e. The van der Waals surface area contributed by atoms with Crippen molar-refractivity contribution in [3.63, 3.8) is 0 Å². The summed E-state index contributed by atoms with van der Waals surface area (Å²) >= 11 is 0. The van der Waals surface area contributed by atoms with Crippen LogP contribution in [0.5, 0.6) is 0 Å². The molecule has 0 fully saturated rings. The van der Waals surface area contributed by atoms with Crippen LogP contribution in [-0.4, -0.2) is 24.2 Å². The van der Waals surface area contributed by atoms with E-state index in [1.807, 2.05) is 48.5 Å². The van der Waals surface area contributed by atoms with Gasteiger partial charge in [0.05, 0.1) is 31.5 Å². The van der Waals surface area contributed by atoms with Crippen LogP contribution in [0, 0.1) is 0 Å². The topological polar surface area (TPSA) is 37.3 Å². The molecule has 0 saturated carbocycles. The van der Waals surface area contributed by atoms with Crippen LogP contribution in [0.2, 0.25) is 0 Å². The zero-order valence-corrected chi connectivity index (χ0v) is 15.0. The van der Waals surface area contributed by atoms with Crippen molar-refractivity contribution in [2.75, 3.05) is 13.3 Å². The molecular weight excluding hydrogens is 303 g/mol. The van der Waals surface area contributed by atoms with Crippen LogP contribution in [0.25, 0.3) is 0 Å². The summed E-state index contributed by atoms with van der Waals surface area (Å²) in [5.41, 5.74) is 1.50. The van der Waals surface area contributed by atoms with Gasteiger partial charge in [-0.1, -0.05) is 48.5 Å². The number of Topliss-reactive ketones (excluding diaryl/α,β-unsaturated/α-hetero) is 1. The Kier molecular flexibility index (Phi) is 5.38. The Bertz CT molecular complexity index is 699. The molecule has 1 unspecified atom stereocenters. The van der Waals surface area contributed by atoms with Crippen molar-refractivity contribution in [1.82, 2.24) is 0 Å². The lowest BCUT2D eigenvalue weighted by Crippen LogP contribution is -2.21. The number of rotatable bonds is 5. The summed E-state index contributed by atoms with van der Waals surface area (Å²) < 4.78 is 0. The molecule has 0 bridgehead atoms. The standard InChI is InChI=1S/C20H23O2P/c1-15(21)19(16(2)22)20(17-11-7-5-8-12-17)23(3,4)18-13-9-6-10-14-18/h5-14,20H,1-4H3/p+1. The molecule has 1 atom stereocenters. The number of allylic oxidation sites excluding steroid dienone is 2. The highest BCUT2D eigenvalue weighted by atomic mass is 31.2. The first-order chi connectivity index (χ1) is 10.9. The Morgan fingerprint density at radius 2 is 1.39 bits per heavy atom. The summed E-state index contributed by atoms with van der Waals surface area (Å²) in [5, 5.41) is 11.4. The summed E-state index contributed by atoms with van der Waals surface area (Å²) in [4.78, 5) is 12.3. The predicted molar refractivity (Wildman–Crippen MR) is 100 cm³/mol. The number of aliphatic hydroxyl groups excluding tert-OH is 1. The van der Waals surface area contributed by atoms with E-state index >= 15 is 0 Å². The maximum absolute atomic E-state index is 12.3. The molecule has 2 aromatic carbocycles. The number of carbonyl (C=O) groups excluding carboxylic acids is 1. The summed E-state index contributed by atoms with van der Waals surface area (Å²) in [6.45, 7) is 7.60. The monoisotopic (exact) mass is 327 g/mol. The van der Waals surface area contributed by atoms with Crippen LogP contribution < -0.4 is 5.30 Å². The molecule has 0 amide bonds. The van der Waals surface area contributed by atoms with Gasteiger partial charge < -0.3 is 5.11 Å². The van der Waals surface area contributed by atoms with E-state index in [1.165, 1.54) is 12.2 Å². The Morgan fingerprint density at radius 3 is 1.83 bits per heavy atom. The van der Waals surface area contributed by atoms with E-state index in [1.54, 1.807) is 6.92 Å². The van der Waals surface area contributed by atoms with Crippen LogP contribution in [0.1, 0.15) is 25.1 Å². The molecule has 2 rings (SSSR count). The van der Waals surface area contributed by atoms with Crippen molar-refractivity contribution in [2.45, 2.75) is 19.5 Å². The largest absolute Gasteiger partial charge is 0.512 e. The summed E-state index contributed by atoms with van der Waals surface area (Å²) in [6.07, 6.45) is 0. The SMILES string of the molecule is CC(=O)/C(=C(\C)O)C(c1ccccc1)[P+](C)(C)c1ccccc1. The van der Waals surface area contributed by atoms with Gasteiger partial charge in [0.15, 0.2) is 5.78 Å². The highest BCUT2D eigenvalue weighted by molar-refractivity contribution is 7.82. The third-order valence-corrected chi connectivity index (χ3v) is 7.70. The van der Waals surface area contributed by atoms with E-state index in [0.29, 0.717) is 5.57 Å². The molecular formula is C20H24O2P+. The van der Waals surface area contributed by atoms with Crippen molar-refractivity contribution >= 4 is 18.4 Å². The molecule has 0 saturated heterocycles. The molecule has 120 valence electrons. The first-order valence-corrected chi connectivity index (χ1v) is 10.5. The Hall–Kier alpha value is -1.92. The normalized spacial score (nSPS) is 14.1. The fourth-order valence-corrected chi connectivity index (χ4v) is 6.27. The van der Waals surface area contributed by atoms with E-state index in [-0.39, 0.29) is 17.2 Å². The maximum Gasteiger partial charge on any atom is 0.163 e. The predicted octanol–water partition coefficient (Wildman–Crippen LogP) is 4.75. The van der Waals surface area contributed by atoms with Crippen molar-refractivity contribution in [3.8, 4) is 0 Å². The van der Waals surface area contributed by atoms with Crippen LogP contribution >= 0.6 is 7.26 Å². The summed E-state index contributed by atoms with van der Waals surface area (Å²) in [5.74, 6) is 0.0539. The van der Waals surface area contributed by atoms with Crippen molar-refractivity contribution in [1.29, 1.82) is 0 Å². The minimum absolute atomic E-state index is 0.0668. The molecule has 2 aromatic rings. The molecule has 0 spiro atoms. The minimum atomic E-state index is -1.73. The van der Waals surface area contributed by atoms with Crippen molar-refractivity contribution in [3.05, 3.63) is 77.6 Å². The average molecular weight is 327 g/mol. The smallest absolute Gasteiger partial charge is 0.163 e. The number of hydrogen-bond donors (Lipinski definition) is 1. The average Bonchev–Trinajstić information content (AvgIpc) is 2.53. The molecule has 1 N–H and O–H groups in total. The van der Waals surface area contributed by atoms with Gasteiger partial charge in [-0.05, 0) is 31.5 Å². The van der Waals surface area contributed by atoms with Gasteiger partial charge in [-0.15, -0.1) is 0 Å². The van der Waals surface area contributed by atoms with E-state index in [9.17, 15) is 9.90 Å². The van der Waals surface area contributed by atoms with Gasteiger partial charge >= 0.3 is 0 Å². The van der Waals surface area contributed by atoms with Crippen molar-refractivity contribution in [2.24, 2.45) is 0 Å². The third kappa shape index (κ3) is 3.71. The lowest BCUT2D eigenvalue weighted by atomic mass is 10.0. The number of hydrogen-bond acceptors (Lipinski definition) is 2. The highest BCUT2D eigenvalue weighted by Gasteiger charge is 2.44. The molecule has 2 nitrogen and oxygen atoms in total. The van der Waals surface area contributed by atoms with Crippen LogP contribution in [0.3, 0.4) is 0 Å². The number of ketones is 1. The number of carbonyl (C=O) groups is 1. The molecule has 0 radical (unpaired) electrons. The zero-order valence-electron chi connectivity index (χ0n) is 14.2. The van der Waals surface area contributed by atoms with Gasteiger partial charge in [-0.2, -0.15) is 0 Å². The van der Waals surface area contributed by atoms with Gasteiger partial charge in [0.25, 0.3) is 0 Å². The van der Waals surface area contributed by atoms with Crippen molar-refractivity contribution < 1.29 is 9.90 Å². The first-order valence-electron chi connectivity index (χ1n) is 7.70. The van der Waals surface area contributed by atoms with Gasteiger partial charge in [0, 0.05) is 0 Å². The van der Waals surface area contributed by atoms with Gasteiger partial charge in [-0.3, -0.25) is 4.79 Å². The third-order valence-electron chi connectivity index (χ3n) is 4.22. The molecule has 0 aliphatic rings. The van der Waals surface area contributed by atoms with Gasteiger partial charge in [-0.25, -0.2) is 0 Å². The Labute approximate surface area is 139 Å². The first kappa shape index (κ1) is 17.4. The van der Waals surface area contributed by atoms with E-state index in [0.717, 1.165) is 5.56 Å². The van der Waals surface area contributed by atoms with E-state index in [2.05, 4.69) is 25.5 Å². The number of aliphatic hydroxyl groups is 1. The van der Waals surface area contributed by atoms with Crippen LogP contribution in [-0.2, 0) is 4.79 Å².